The van der Waals surface area contributed by atoms with E-state index in [-0.39, 0.29) is 5.82 Å². The zero-order chi connectivity index (χ0) is 18.9. The van der Waals surface area contributed by atoms with Crippen molar-refractivity contribution >= 4 is 28.0 Å². The van der Waals surface area contributed by atoms with Crippen LogP contribution in [0.5, 0.6) is 0 Å². The second-order valence-corrected chi connectivity index (χ2v) is 7.14. The largest absolute Gasteiger partial charge is 0.467 e. The van der Waals surface area contributed by atoms with Gasteiger partial charge in [-0.3, -0.25) is 0 Å². The van der Waals surface area contributed by atoms with Crippen molar-refractivity contribution in [2.75, 3.05) is 0 Å². The van der Waals surface area contributed by atoms with Gasteiger partial charge in [0.2, 0.25) is 0 Å². The molecule has 0 bridgehead atoms. The first-order chi connectivity index (χ1) is 13.8. The summed E-state index contributed by atoms with van der Waals surface area (Å²) in [6.45, 7) is 0.517. The van der Waals surface area contributed by atoms with Gasteiger partial charge in [-0.15, -0.1) is 11.3 Å². The third-order valence-electron chi connectivity index (χ3n) is 4.42. The second-order valence-electron chi connectivity index (χ2n) is 6.31. The fourth-order valence-electron chi connectivity index (χ4n) is 3.06. The van der Waals surface area contributed by atoms with Gasteiger partial charge in [-0.25, -0.2) is 9.38 Å². The summed E-state index contributed by atoms with van der Waals surface area (Å²) in [5.74, 6) is 1.30. The van der Waals surface area contributed by atoms with E-state index in [9.17, 15) is 4.39 Å². The van der Waals surface area contributed by atoms with Gasteiger partial charge < -0.3 is 13.4 Å². The van der Waals surface area contributed by atoms with Crippen LogP contribution in [0, 0.1) is 5.82 Å². The van der Waals surface area contributed by atoms with E-state index in [4.69, 9.17) is 13.8 Å². The highest BCUT2D eigenvalue weighted by atomic mass is 32.1. The van der Waals surface area contributed by atoms with E-state index in [0.717, 1.165) is 33.0 Å². The first-order valence-electron chi connectivity index (χ1n) is 8.76. The number of furan rings is 2. The summed E-state index contributed by atoms with van der Waals surface area (Å²) >= 11 is 1.50. The molecule has 28 heavy (non-hydrogen) atoms. The number of fused-ring (bicyclic) bond motifs is 1. The van der Waals surface area contributed by atoms with Gasteiger partial charge in [-0.05, 0) is 48.5 Å². The second kappa shape index (κ2) is 6.98. The van der Waals surface area contributed by atoms with Gasteiger partial charge in [0.05, 0.1) is 24.2 Å². The Balaban J connectivity index is 1.66. The average Bonchev–Trinajstić information content (AvgIpc) is 3.44. The van der Waals surface area contributed by atoms with Crippen molar-refractivity contribution < 1.29 is 13.2 Å². The molecule has 138 valence electrons. The van der Waals surface area contributed by atoms with Crippen LogP contribution in [0.2, 0.25) is 0 Å². The number of aromatic nitrogens is 1. The minimum absolute atomic E-state index is 0.281. The molecule has 0 radical (unpaired) electrons. The quantitative estimate of drug-likeness (QED) is 0.379. The molecule has 0 amide bonds. The third-order valence-corrected chi connectivity index (χ3v) is 5.28. The SMILES string of the molecule is Fc1ccc(N=c2scc(-c3cc4ccccc4o3)n2Cc2ccco2)cc1. The standard InChI is InChI=1S/C22H15FN2O2S/c23-16-7-9-17(10-8-16)24-22-25(13-18-5-3-11-26-18)19(14-28-22)21-12-15-4-1-2-6-20(15)27-21/h1-12,14H,13H2. The summed E-state index contributed by atoms with van der Waals surface area (Å²) in [6.07, 6.45) is 1.65. The number of thiazole rings is 1. The zero-order valence-corrected chi connectivity index (χ0v) is 15.5. The first kappa shape index (κ1) is 16.8. The molecular formula is C22H15FN2O2S. The van der Waals surface area contributed by atoms with E-state index >= 15 is 0 Å². The van der Waals surface area contributed by atoms with E-state index in [1.165, 1.54) is 23.5 Å². The number of hydrogen-bond acceptors (Lipinski definition) is 4. The van der Waals surface area contributed by atoms with Crippen LogP contribution in [0.1, 0.15) is 5.76 Å². The molecule has 0 atom stereocenters. The minimum Gasteiger partial charge on any atom is -0.467 e. The van der Waals surface area contributed by atoms with Gasteiger partial charge in [0, 0.05) is 10.8 Å². The fraction of sp³-hybridized carbons (Fsp3) is 0.0455. The van der Waals surface area contributed by atoms with Crippen LogP contribution in [0.3, 0.4) is 0 Å². The van der Waals surface area contributed by atoms with Crippen molar-refractivity contribution in [1.82, 2.24) is 4.57 Å². The number of nitrogens with zero attached hydrogens (tertiary/aromatic N) is 2. The van der Waals surface area contributed by atoms with Crippen LogP contribution < -0.4 is 4.80 Å². The van der Waals surface area contributed by atoms with Gasteiger partial charge in [0.15, 0.2) is 10.6 Å². The maximum absolute atomic E-state index is 13.2. The number of benzene rings is 2. The van der Waals surface area contributed by atoms with Gasteiger partial charge in [-0.1, -0.05) is 18.2 Å². The van der Waals surface area contributed by atoms with Crippen molar-refractivity contribution in [3.05, 3.63) is 94.8 Å². The van der Waals surface area contributed by atoms with Crippen LogP contribution in [0.4, 0.5) is 10.1 Å². The van der Waals surface area contributed by atoms with E-state index < -0.39 is 0 Å². The molecule has 4 nitrogen and oxygen atoms in total. The summed E-state index contributed by atoms with van der Waals surface area (Å²) in [6, 6.07) is 19.9. The van der Waals surface area contributed by atoms with Gasteiger partial charge in [-0.2, -0.15) is 0 Å². The maximum Gasteiger partial charge on any atom is 0.190 e. The molecule has 6 heteroatoms. The molecule has 0 fully saturated rings. The molecule has 0 aliphatic heterocycles. The van der Waals surface area contributed by atoms with E-state index in [1.54, 1.807) is 18.4 Å². The predicted octanol–water partition coefficient (Wildman–Crippen LogP) is 5.98. The van der Waals surface area contributed by atoms with Crippen LogP contribution in [-0.4, -0.2) is 4.57 Å². The summed E-state index contributed by atoms with van der Waals surface area (Å²) < 4.78 is 26.9. The summed E-state index contributed by atoms with van der Waals surface area (Å²) in [5, 5.41) is 3.06. The molecular weight excluding hydrogens is 375 g/mol. The fourth-order valence-corrected chi connectivity index (χ4v) is 3.97. The number of rotatable bonds is 4. The zero-order valence-electron chi connectivity index (χ0n) is 14.7. The lowest BCUT2D eigenvalue weighted by atomic mass is 10.2. The summed E-state index contributed by atoms with van der Waals surface area (Å²) in [4.78, 5) is 5.47. The minimum atomic E-state index is -0.281. The van der Waals surface area contributed by atoms with Gasteiger partial charge in [0.25, 0.3) is 0 Å². The molecule has 5 aromatic rings. The van der Waals surface area contributed by atoms with E-state index in [1.807, 2.05) is 52.4 Å². The monoisotopic (exact) mass is 390 g/mol. The maximum atomic E-state index is 13.2. The lowest BCUT2D eigenvalue weighted by Crippen LogP contribution is -2.16. The Labute approximate surface area is 163 Å². The van der Waals surface area contributed by atoms with Crippen LogP contribution >= 0.6 is 11.3 Å². The molecule has 0 aliphatic rings. The molecule has 0 saturated carbocycles. The average molecular weight is 390 g/mol. The predicted molar refractivity (Wildman–Crippen MR) is 107 cm³/mol. The molecule has 5 rings (SSSR count). The molecule has 0 N–H and O–H groups in total. The van der Waals surface area contributed by atoms with Crippen LogP contribution in [0.15, 0.2) is 92.2 Å². The number of halogens is 1. The van der Waals surface area contributed by atoms with Crippen molar-refractivity contribution in [1.29, 1.82) is 0 Å². The highest BCUT2D eigenvalue weighted by Gasteiger charge is 2.14. The summed E-state index contributed by atoms with van der Waals surface area (Å²) in [7, 11) is 0. The van der Waals surface area contributed by atoms with Crippen molar-refractivity contribution in [2.45, 2.75) is 6.54 Å². The normalized spacial score (nSPS) is 12.1. The lowest BCUT2D eigenvalue weighted by Gasteiger charge is -2.05. The Bertz CT molecular complexity index is 1260. The smallest absolute Gasteiger partial charge is 0.190 e. The van der Waals surface area contributed by atoms with Crippen LogP contribution in [0.25, 0.3) is 22.4 Å². The molecule has 3 aromatic heterocycles. The Morgan fingerprint density at radius 2 is 1.86 bits per heavy atom. The van der Waals surface area contributed by atoms with Crippen molar-refractivity contribution in [3.8, 4) is 11.5 Å². The Morgan fingerprint density at radius 1 is 1.00 bits per heavy atom. The third kappa shape index (κ3) is 3.18. The Kier molecular flexibility index (Phi) is 4.18. The number of hydrogen-bond donors (Lipinski definition) is 0. The Hall–Kier alpha value is -3.38. The van der Waals surface area contributed by atoms with Gasteiger partial charge >= 0.3 is 0 Å². The molecule has 0 aliphatic carbocycles. The molecule has 0 unspecified atom stereocenters. The van der Waals surface area contributed by atoms with Crippen molar-refractivity contribution in [2.24, 2.45) is 4.99 Å². The molecule has 0 spiro atoms. The highest BCUT2D eigenvalue weighted by Crippen LogP contribution is 2.28. The first-order valence-corrected chi connectivity index (χ1v) is 9.64. The molecule has 0 saturated heterocycles. The van der Waals surface area contributed by atoms with Crippen molar-refractivity contribution in [3.63, 3.8) is 0 Å². The summed E-state index contributed by atoms with van der Waals surface area (Å²) in [5.41, 5.74) is 2.44. The lowest BCUT2D eigenvalue weighted by molar-refractivity contribution is 0.490. The topological polar surface area (TPSA) is 43.6 Å². The molecule has 2 aromatic carbocycles. The Morgan fingerprint density at radius 3 is 2.64 bits per heavy atom. The number of para-hydroxylation sites is 1. The van der Waals surface area contributed by atoms with E-state index in [2.05, 4.69) is 0 Å². The molecule has 3 heterocycles. The van der Waals surface area contributed by atoms with E-state index in [0.29, 0.717) is 12.2 Å². The van der Waals surface area contributed by atoms with Crippen LogP contribution in [-0.2, 0) is 6.54 Å². The highest BCUT2D eigenvalue weighted by molar-refractivity contribution is 7.07. The van der Waals surface area contributed by atoms with Gasteiger partial charge in [0.1, 0.15) is 17.2 Å².